The van der Waals surface area contributed by atoms with Crippen molar-refractivity contribution in [1.82, 2.24) is 0 Å². The molecule has 0 saturated heterocycles. The zero-order chi connectivity index (χ0) is 38.0. The lowest BCUT2D eigenvalue weighted by Gasteiger charge is -2.15. The Kier molecular flexibility index (Phi) is 11.3. The van der Waals surface area contributed by atoms with E-state index in [4.69, 9.17) is 0 Å². The van der Waals surface area contributed by atoms with Gasteiger partial charge in [-0.2, -0.15) is 0 Å². The lowest BCUT2D eigenvalue weighted by molar-refractivity contribution is -0.136. The predicted octanol–water partition coefficient (Wildman–Crippen LogP) is 8.75. The molecular formula is C42H40F2O6S2. The monoisotopic (exact) mass is 742 g/mol. The number of sulfone groups is 2. The van der Waals surface area contributed by atoms with Crippen molar-refractivity contribution < 1.29 is 35.5 Å². The van der Waals surface area contributed by atoms with E-state index in [1.165, 1.54) is 35.6 Å². The number of benzene rings is 6. The fourth-order valence-electron chi connectivity index (χ4n) is 6.50. The summed E-state index contributed by atoms with van der Waals surface area (Å²) < 4.78 is 74.1. The first-order valence-electron chi connectivity index (χ1n) is 16.7. The van der Waals surface area contributed by atoms with E-state index in [-0.39, 0.29) is 23.0 Å². The predicted molar refractivity (Wildman–Crippen MR) is 203 cm³/mol. The van der Waals surface area contributed by atoms with Crippen LogP contribution in [0.1, 0.15) is 51.4 Å². The number of fused-ring (bicyclic) bond motifs is 2. The molecular weight excluding hydrogens is 703 g/mol. The maximum Gasteiger partial charge on any atom is 0.307 e. The fraction of sp³-hybridized carbons (Fsp3) is 0.214. The third-order valence-electron chi connectivity index (χ3n) is 9.40. The summed E-state index contributed by atoms with van der Waals surface area (Å²) in [7, 11) is -6.48. The lowest BCUT2D eigenvalue weighted by atomic mass is 9.90. The van der Waals surface area contributed by atoms with Gasteiger partial charge >= 0.3 is 5.97 Å². The molecule has 6 aromatic rings. The van der Waals surface area contributed by atoms with Crippen molar-refractivity contribution >= 4 is 47.2 Å². The van der Waals surface area contributed by atoms with Gasteiger partial charge in [0.15, 0.2) is 19.7 Å². The number of carboxylic acid groups (broad SMARTS) is 1. The molecule has 6 aromatic carbocycles. The molecule has 6 rings (SSSR count). The number of halogens is 2. The summed E-state index contributed by atoms with van der Waals surface area (Å²) in [6, 6.07) is 26.7. The van der Waals surface area contributed by atoms with Crippen LogP contribution < -0.4 is 0 Å². The van der Waals surface area contributed by atoms with Crippen LogP contribution in [0.2, 0.25) is 0 Å². The highest BCUT2D eigenvalue weighted by atomic mass is 32.2. The Morgan fingerprint density at radius 1 is 0.596 bits per heavy atom. The number of carbonyl (C=O) groups is 1. The van der Waals surface area contributed by atoms with Crippen LogP contribution in [0, 0.1) is 25.5 Å². The Morgan fingerprint density at radius 3 is 1.35 bits per heavy atom. The molecule has 0 spiro atoms. The molecule has 0 bridgehead atoms. The summed E-state index contributed by atoms with van der Waals surface area (Å²) in [5.74, 6) is -1.53. The van der Waals surface area contributed by atoms with Crippen LogP contribution in [-0.2, 0) is 50.2 Å². The second-order valence-electron chi connectivity index (χ2n) is 13.1. The molecule has 0 amide bonds. The van der Waals surface area contributed by atoms with Crippen LogP contribution in [0.15, 0.2) is 107 Å². The van der Waals surface area contributed by atoms with E-state index in [2.05, 4.69) is 19.9 Å². The third-order valence-corrected chi connectivity index (χ3v) is 11.7. The van der Waals surface area contributed by atoms with Crippen LogP contribution in [0.25, 0.3) is 21.5 Å². The molecule has 0 atom stereocenters. The molecule has 10 heteroatoms. The van der Waals surface area contributed by atoms with E-state index in [9.17, 15) is 35.5 Å². The zero-order valence-corrected chi connectivity index (χ0v) is 31.3. The summed E-state index contributed by atoms with van der Waals surface area (Å²) in [6.45, 7) is 6.02. The number of hydrogen-bond donors (Lipinski definition) is 1. The van der Waals surface area contributed by atoms with E-state index >= 15 is 0 Å². The van der Waals surface area contributed by atoms with Gasteiger partial charge in [0.1, 0.15) is 11.6 Å². The molecule has 0 saturated carbocycles. The molecule has 52 heavy (non-hydrogen) atoms. The molecule has 0 aromatic heterocycles. The van der Waals surface area contributed by atoms with Crippen molar-refractivity contribution in [2.75, 3.05) is 12.5 Å². The van der Waals surface area contributed by atoms with Crippen LogP contribution in [0.5, 0.6) is 0 Å². The standard InChI is InChI=1S/C21H19FO4S.C21H21FO2S/c1-13-16(11-21(23)24)10-15-5-6-17(22)12-20(15)19(13)9-14-3-7-18(8-4-14)27(2,25)26;1-4-16-12-17-7-8-18(22)13-21(17)20(14(16)2)11-15-5-9-19(10-6-15)25(3,23)24/h3-8,10,12H,9,11H2,1-2H3,(H,23,24);5-10,12-13H,4,11H2,1-3H3. The topological polar surface area (TPSA) is 106 Å². The molecule has 0 aliphatic heterocycles. The second-order valence-corrected chi connectivity index (χ2v) is 17.2. The van der Waals surface area contributed by atoms with Gasteiger partial charge in [-0.25, -0.2) is 25.6 Å². The van der Waals surface area contributed by atoms with Crippen molar-refractivity contribution in [2.24, 2.45) is 0 Å². The van der Waals surface area contributed by atoms with E-state index in [0.29, 0.717) is 23.3 Å². The number of aliphatic carboxylic acids is 1. The average Bonchev–Trinajstić information content (AvgIpc) is 3.08. The summed E-state index contributed by atoms with van der Waals surface area (Å²) >= 11 is 0. The first kappa shape index (κ1) is 38.3. The van der Waals surface area contributed by atoms with Gasteiger partial charge in [-0.15, -0.1) is 0 Å². The van der Waals surface area contributed by atoms with E-state index < -0.39 is 25.6 Å². The maximum absolute atomic E-state index is 13.8. The largest absolute Gasteiger partial charge is 0.481 e. The van der Waals surface area contributed by atoms with Crippen LogP contribution in [0.3, 0.4) is 0 Å². The van der Waals surface area contributed by atoms with Gasteiger partial charge in [-0.05, 0) is 148 Å². The number of aryl methyl sites for hydroxylation is 1. The van der Waals surface area contributed by atoms with Gasteiger partial charge in [0.2, 0.25) is 0 Å². The molecule has 0 heterocycles. The third kappa shape index (κ3) is 8.92. The van der Waals surface area contributed by atoms with Gasteiger partial charge in [-0.3, -0.25) is 4.79 Å². The first-order valence-corrected chi connectivity index (χ1v) is 20.4. The van der Waals surface area contributed by atoms with E-state index in [1.807, 2.05) is 25.1 Å². The van der Waals surface area contributed by atoms with E-state index in [0.717, 1.165) is 62.0 Å². The highest BCUT2D eigenvalue weighted by Crippen LogP contribution is 2.31. The van der Waals surface area contributed by atoms with Crippen LogP contribution in [-0.4, -0.2) is 40.4 Å². The normalized spacial score (nSPS) is 11.8. The highest BCUT2D eigenvalue weighted by molar-refractivity contribution is 7.91. The van der Waals surface area contributed by atoms with Gasteiger partial charge in [0.05, 0.1) is 16.2 Å². The van der Waals surface area contributed by atoms with Gasteiger partial charge in [0, 0.05) is 12.5 Å². The Hall–Kier alpha value is -4.93. The minimum absolute atomic E-state index is 0.112. The Labute approximate surface area is 303 Å². The number of hydrogen-bond acceptors (Lipinski definition) is 5. The lowest BCUT2D eigenvalue weighted by Crippen LogP contribution is -2.05. The minimum Gasteiger partial charge on any atom is -0.481 e. The van der Waals surface area contributed by atoms with Crippen molar-refractivity contribution in [1.29, 1.82) is 0 Å². The molecule has 270 valence electrons. The summed E-state index contributed by atoms with van der Waals surface area (Å²) in [5.41, 5.74) is 7.73. The molecule has 0 aliphatic carbocycles. The van der Waals surface area contributed by atoms with Crippen molar-refractivity contribution in [3.05, 3.63) is 153 Å². The number of carboxylic acids is 1. The smallest absolute Gasteiger partial charge is 0.307 e. The fourth-order valence-corrected chi connectivity index (χ4v) is 7.76. The Morgan fingerprint density at radius 2 is 0.981 bits per heavy atom. The molecule has 1 N–H and O–H groups in total. The summed E-state index contributed by atoms with van der Waals surface area (Å²) in [5, 5.41) is 12.6. The average molecular weight is 743 g/mol. The number of rotatable bonds is 9. The first-order chi connectivity index (χ1) is 24.4. The Bertz CT molecular complexity index is 2530. The molecule has 0 fully saturated rings. The quantitative estimate of drug-likeness (QED) is 0.159. The van der Waals surface area contributed by atoms with Crippen LogP contribution >= 0.6 is 0 Å². The van der Waals surface area contributed by atoms with Crippen molar-refractivity contribution in [3.63, 3.8) is 0 Å². The highest BCUT2D eigenvalue weighted by Gasteiger charge is 2.16. The van der Waals surface area contributed by atoms with Gasteiger partial charge < -0.3 is 5.11 Å². The van der Waals surface area contributed by atoms with Gasteiger partial charge in [0.25, 0.3) is 0 Å². The maximum atomic E-state index is 13.8. The van der Waals surface area contributed by atoms with Crippen molar-refractivity contribution in [3.8, 4) is 0 Å². The molecule has 0 unspecified atom stereocenters. The van der Waals surface area contributed by atoms with Crippen LogP contribution in [0.4, 0.5) is 8.78 Å². The molecule has 0 radical (unpaired) electrons. The SMILES string of the molecule is CCc1cc2ccc(F)cc2c(Cc2ccc(S(C)(=O)=O)cc2)c1C.Cc1c(CC(=O)O)cc2ccc(F)cc2c1Cc1ccc(S(C)(=O)=O)cc1. The van der Waals surface area contributed by atoms with E-state index in [1.54, 1.807) is 54.6 Å². The minimum atomic E-state index is -3.28. The Balaban J connectivity index is 0.000000202. The molecule has 0 aliphatic rings. The summed E-state index contributed by atoms with van der Waals surface area (Å²) in [4.78, 5) is 11.7. The summed E-state index contributed by atoms with van der Waals surface area (Å²) in [6.07, 6.45) is 4.25. The van der Waals surface area contributed by atoms with Gasteiger partial charge in [-0.1, -0.05) is 55.5 Å². The molecule has 6 nitrogen and oxygen atoms in total. The zero-order valence-electron chi connectivity index (χ0n) is 29.6. The van der Waals surface area contributed by atoms with Crippen molar-refractivity contribution in [2.45, 2.75) is 56.2 Å². The second kappa shape index (κ2) is 15.4.